The molecule has 0 aromatic heterocycles. The minimum atomic E-state index is 0.606. The van der Waals surface area contributed by atoms with Crippen LogP contribution >= 0.6 is 0 Å². The van der Waals surface area contributed by atoms with Gasteiger partial charge in [0, 0.05) is 37.9 Å². The Hall–Kier alpha value is -1.06. The average Bonchev–Trinajstić information content (AvgIpc) is 2.42. The molecule has 3 nitrogen and oxygen atoms in total. The molecular formula is C15H25N3. The van der Waals surface area contributed by atoms with Crippen molar-refractivity contribution >= 4 is 5.69 Å². The Bertz CT molecular complexity index is 361. The van der Waals surface area contributed by atoms with E-state index in [4.69, 9.17) is 0 Å². The molecule has 0 saturated carbocycles. The smallest absolute Gasteiger partial charge is 0.0393 e. The van der Waals surface area contributed by atoms with Crippen LogP contribution in [0.5, 0.6) is 0 Å². The number of nitrogens with zero attached hydrogens (tertiary/aromatic N) is 2. The van der Waals surface area contributed by atoms with Gasteiger partial charge in [-0.05, 0) is 38.2 Å². The van der Waals surface area contributed by atoms with E-state index in [2.05, 4.69) is 53.4 Å². The van der Waals surface area contributed by atoms with E-state index in [1.165, 1.54) is 11.3 Å². The molecule has 1 heterocycles. The highest BCUT2D eigenvalue weighted by Gasteiger charge is 2.23. The summed E-state index contributed by atoms with van der Waals surface area (Å²) in [4.78, 5) is 4.95. The molecule has 2 rings (SSSR count). The predicted molar refractivity (Wildman–Crippen MR) is 78.4 cm³/mol. The summed E-state index contributed by atoms with van der Waals surface area (Å²) in [5, 5.41) is 3.29. The number of nitrogens with one attached hydrogen (secondary N) is 1. The number of piperazine rings is 1. The maximum Gasteiger partial charge on any atom is 0.0393 e. The van der Waals surface area contributed by atoms with Gasteiger partial charge in [0.15, 0.2) is 0 Å². The highest BCUT2D eigenvalue weighted by atomic mass is 15.3. The number of hydrogen-bond acceptors (Lipinski definition) is 3. The molecule has 1 aliphatic heterocycles. The molecule has 0 aliphatic carbocycles. The first-order valence-electron chi connectivity index (χ1n) is 6.93. The highest BCUT2D eigenvalue weighted by molar-refractivity contribution is 5.48. The van der Waals surface area contributed by atoms with Crippen molar-refractivity contribution in [1.29, 1.82) is 0 Å². The second-order valence-electron chi connectivity index (χ2n) is 5.16. The molecular weight excluding hydrogens is 222 g/mol. The number of benzene rings is 1. The molecule has 1 unspecified atom stereocenters. The molecule has 1 aromatic carbocycles. The summed E-state index contributed by atoms with van der Waals surface area (Å²) in [7, 11) is 4.25. The normalized spacial score (nSPS) is 21.3. The molecule has 1 aliphatic rings. The minimum absolute atomic E-state index is 0.606. The Morgan fingerprint density at radius 3 is 2.56 bits per heavy atom. The molecule has 18 heavy (non-hydrogen) atoms. The Balaban J connectivity index is 2.03. The largest absolute Gasteiger partial charge is 0.369 e. The average molecular weight is 247 g/mol. The monoisotopic (exact) mass is 247 g/mol. The van der Waals surface area contributed by atoms with Crippen LogP contribution in [-0.2, 0) is 6.42 Å². The molecule has 3 heteroatoms. The maximum atomic E-state index is 3.29. The second-order valence-corrected chi connectivity index (χ2v) is 5.16. The predicted octanol–water partition coefficient (Wildman–Crippen LogP) is 1.59. The van der Waals surface area contributed by atoms with Crippen LogP contribution < -0.4 is 10.2 Å². The summed E-state index contributed by atoms with van der Waals surface area (Å²) in [6.45, 7) is 6.64. The van der Waals surface area contributed by atoms with Gasteiger partial charge >= 0.3 is 0 Å². The fraction of sp³-hybridized carbons (Fsp3) is 0.600. The topological polar surface area (TPSA) is 18.5 Å². The molecule has 1 N–H and O–H groups in total. The van der Waals surface area contributed by atoms with Crippen molar-refractivity contribution in [2.75, 3.05) is 45.2 Å². The van der Waals surface area contributed by atoms with Gasteiger partial charge in [-0.3, -0.25) is 4.90 Å². The summed E-state index contributed by atoms with van der Waals surface area (Å²) < 4.78 is 0. The minimum Gasteiger partial charge on any atom is -0.369 e. The Kier molecular flexibility index (Phi) is 4.61. The van der Waals surface area contributed by atoms with Gasteiger partial charge in [0.25, 0.3) is 0 Å². The lowest BCUT2D eigenvalue weighted by atomic mass is 10.1. The van der Waals surface area contributed by atoms with Gasteiger partial charge in [0.2, 0.25) is 0 Å². The standard InChI is InChI=1S/C15H25N3/c1-4-13-5-7-14(8-6-13)18-10-9-17(3)15(12-18)11-16-2/h5-8,15-16H,4,9-12H2,1-3H3. The summed E-state index contributed by atoms with van der Waals surface area (Å²) in [5.41, 5.74) is 2.78. The van der Waals surface area contributed by atoms with Gasteiger partial charge in [0.1, 0.15) is 0 Å². The zero-order valence-electron chi connectivity index (χ0n) is 11.8. The summed E-state index contributed by atoms with van der Waals surface area (Å²) in [6.07, 6.45) is 1.12. The van der Waals surface area contributed by atoms with Crippen molar-refractivity contribution in [1.82, 2.24) is 10.2 Å². The molecule has 0 radical (unpaired) electrons. The molecule has 100 valence electrons. The lowest BCUT2D eigenvalue weighted by molar-refractivity contribution is 0.216. The number of hydrogen-bond donors (Lipinski definition) is 1. The lowest BCUT2D eigenvalue weighted by Gasteiger charge is -2.40. The van der Waals surface area contributed by atoms with Crippen LogP contribution in [0.25, 0.3) is 0 Å². The van der Waals surface area contributed by atoms with Gasteiger partial charge < -0.3 is 10.2 Å². The maximum absolute atomic E-state index is 3.29. The number of anilines is 1. The van der Waals surface area contributed by atoms with Gasteiger partial charge in [-0.1, -0.05) is 19.1 Å². The van der Waals surface area contributed by atoms with Gasteiger partial charge in [-0.15, -0.1) is 0 Å². The Morgan fingerprint density at radius 1 is 1.22 bits per heavy atom. The van der Waals surface area contributed by atoms with E-state index < -0.39 is 0 Å². The SMILES string of the molecule is CCc1ccc(N2CCN(C)C(CNC)C2)cc1. The quantitative estimate of drug-likeness (QED) is 0.871. The third kappa shape index (κ3) is 3.03. The van der Waals surface area contributed by atoms with E-state index in [0.717, 1.165) is 32.6 Å². The first-order valence-corrected chi connectivity index (χ1v) is 6.93. The van der Waals surface area contributed by atoms with Crippen molar-refractivity contribution in [3.8, 4) is 0 Å². The van der Waals surface area contributed by atoms with Crippen molar-refractivity contribution in [3.63, 3.8) is 0 Å². The fourth-order valence-corrected chi connectivity index (χ4v) is 2.58. The fourth-order valence-electron chi connectivity index (χ4n) is 2.58. The second kappa shape index (κ2) is 6.21. The molecule has 1 aromatic rings. The van der Waals surface area contributed by atoms with E-state index in [-0.39, 0.29) is 0 Å². The van der Waals surface area contributed by atoms with Crippen molar-refractivity contribution in [2.24, 2.45) is 0 Å². The third-order valence-corrected chi connectivity index (χ3v) is 3.93. The third-order valence-electron chi connectivity index (χ3n) is 3.93. The van der Waals surface area contributed by atoms with E-state index in [1.54, 1.807) is 0 Å². The summed E-state index contributed by atoms with van der Waals surface area (Å²) in [6, 6.07) is 9.64. The molecule has 1 fully saturated rings. The summed E-state index contributed by atoms with van der Waals surface area (Å²) in [5.74, 6) is 0. The number of rotatable bonds is 4. The lowest BCUT2D eigenvalue weighted by Crippen LogP contribution is -2.54. The van der Waals surface area contributed by atoms with E-state index in [9.17, 15) is 0 Å². The van der Waals surface area contributed by atoms with E-state index >= 15 is 0 Å². The Morgan fingerprint density at radius 2 is 1.94 bits per heavy atom. The first kappa shape index (κ1) is 13.4. The van der Waals surface area contributed by atoms with E-state index in [0.29, 0.717) is 6.04 Å². The zero-order chi connectivity index (χ0) is 13.0. The Labute approximate surface area is 111 Å². The van der Waals surface area contributed by atoms with Crippen LogP contribution in [0, 0.1) is 0 Å². The van der Waals surface area contributed by atoms with Crippen LogP contribution in [0.2, 0.25) is 0 Å². The molecule has 0 bridgehead atoms. The van der Waals surface area contributed by atoms with Crippen molar-refractivity contribution in [2.45, 2.75) is 19.4 Å². The van der Waals surface area contributed by atoms with Crippen LogP contribution in [0.15, 0.2) is 24.3 Å². The zero-order valence-corrected chi connectivity index (χ0v) is 11.8. The molecule has 0 amide bonds. The van der Waals surface area contributed by atoms with Crippen LogP contribution in [0.4, 0.5) is 5.69 Å². The van der Waals surface area contributed by atoms with Crippen molar-refractivity contribution in [3.05, 3.63) is 29.8 Å². The van der Waals surface area contributed by atoms with Crippen LogP contribution in [0.1, 0.15) is 12.5 Å². The van der Waals surface area contributed by atoms with Gasteiger partial charge in [0.05, 0.1) is 0 Å². The van der Waals surface area contributed by atoms with Crippen molar-refractivity contribution < 1.29 is 0 Å². The van der Waals surface area contributed by atoms with Crippen LogP contribution in [0.3, 0.4) is 0 Å². The summed E-state index contributed by atoms with van der Waals surface area (Å²) >= 11 is 0. The molecule has 0 spiro atoms. The number of aryl methyl sites for hydroxylation is 1. The van der Waals surface area contributed by atoms with Gasteiger partial charge in [-0.2, -0.15) is 0 Å². The molecule has 1 atom stereocenters. The van der Waals surface area contributed by atoms with E-state index in [1.807, 2.05) is 7.05 Å². The molecule has 1 saturated heterocycles. The number of likely N-dealkylation sites (N-methyl/N-ethyl adjacent to an activating group) is 2. The van der Waals surface area contributed by atoms with Crippen LogP contribution in [-0.4, -0.2) is 51.2 Å². The van der Waals surface area contributed by atoms with Gasteiger partial charge in [-0.25, -0.2) is 0 Å². The first-order chi connectivity index (χ1) is 8.74. The highest BCUT2D eigenvalue weighted by Crippen LogP contribution is 2.19.